The zero-order valence-corrected chi connectivity index (χ0v) is 20.4. The fourth-order valence-electron chi connectivity index (χ4n) is 3.14. The largest absolute Gasteiger partial charge is 0.357 e. The lowest BCUT2D eigenvalue weighted by atomic mass is 10.2. The highest BCUT2D eigenvalue weighted by Gasteiger charge is 2.20. The normalized spacial score (nSPS) is 15.4. The van der Waals surface area contributed by atoms with Gasteiger partial charge in [0.1, 0.15) is 0 Å². The molecule has 3 heterocycles. The molecule has 0 atom stereocenters. The number of halogens is 2. The molecule has 0 aliphatic carbocycles. The number of rotatable bonds is 6. The number of guanidine groups is 1. The molecule has 1 saturated heterocycles. The number of piperazine rings is 1. The molecule has 0 unspecified atom stereocenters. The summed E-state index contributed by atoms with van der Waals surface area (Å²) in [5, 5.41) is 3.44. The van der Waals surface area contributed by atoms with Gasteiger partial charge in [-0.05, 0) is 44.0 Å². The van der Waals surface area contributed by atoms with Crippen LogP contribution in [0, 0.1) is 6.92 Å². The number of nitrogens with one attached hydrogen (secondary N) is 1. The van der Waals surface area contributed by atoms with E-state index in [1.54, 1.807) is 11.3 Å². The van der Waals surface area contributed by atoms with Crippen molar-refractivity contribution >= 4 is 52.9 Å². The van der Waals surface area contributed by atoms with Crippen LogP contribution in [-0.4, -0.2) is 60.0 Å². The topological polar surface area (TPSA) is 43.8 Å². The Morgan fingerprint density at radius 2 is 2.00 bits per heavy atom. The summed E-state index contributed by atoms with van der Waals surface area (Å²) >= 11 is 7.72. The lowest BCUT2D eigenvalue weighted by molar-refractivity contribution is 0.173. The minimum atomic E-state index is 0. The molecule has 0 amide bonds. The maximum absolute atomic E-state index is 6.04. The molecule has 2 aromatic rings. The van der Waals surface area contributed by atoms with Crippen LogP contribution in [-0.2, 0) is 13.0 Å². The van der Waals surface area contributed by atoms with Crippen LogP contribution in [0.15, 0.2) is 35.5 Å². The van der Waals surface area contributed by atoms with Crippen LogP contribution >= 0.6 is 46.9 Å². The number of aryl methyl sites for hydroxylation is 1. The molecule has 8 heteroatoms. The number of thiophene rings is 1. The summed E-state index contributed by atoms with van der Waals surface area (Å²) in [7, 11) is 0. The van der Waals surface area contributed by atoms with E-state index in [0.29, 0.717) is 0 Å². The Bertz CT molecular complexity index is 741. The summed E-state index contributed by atoms with van der Waals surface area (Å²) in [6.45, 7) is 10.9. The Labute approximate surface area is 194 Å². The Hall–Kier alpha value is -0.900. The second-order valence-electron chi connectivity index (χ2n) is 6.76. The molecule has 1 fully saturated rings. The van der Waals surface area contributed by atoms with E-state index in [1.165, 1.54) is 10.4 Å². The highest BCUT2D eigenvalue weighted by Crippen LogP contribution is 2.23. The van der Waals surface area contributed by atoms with Gasteiger partial charge in [-0.1, -0.05) is 17.7 Å². The van der Waals surface area contributed by atoms with Crippen molar-refractivity contribution < 1.29 is 0 Å². The van der Waals surface area contributed by atoms with Gasteiger partial charge in [0.2, 0.25) is 0 Å². The van der Waals surface area contributed by atoms with E-state index in [-0.39, 0.29) is 24.0 Å². The standard InChI is InChI=1S/C20H28ClN5S.HI/c1-3-22-20(23-9-8-17-5-4-16(2)24-14-17)26-12-10-25(11-13-26)15-18-6-7-19(21)27-18;/h4-7,14H,3,8-13,15H2,1-2H3,(H,22,23);1H. The summed E-state index contributed by atoms with van der Waals surface area (Å²) in [5.41, 5.74) is 2.29. The highest BCUT2D eigenvalue weighted by molar-refractivity contribution is 14.0. The molecular weight excluding hydrogens is 505 g/mol. The van der Waals surface area contributed by atoms with Gasteiger partial charge in [0.15, 0.2) is 5.96 Å². The number of aromatic nitrogens is 1. The van der Waals surface area contributed by atoms with Gasteiger partial charge in [0, 0.05) is 62.6 Å². The van der Waals surface area contributed by atoms with Crippen molar-refractivity contribution in [2.75, 3.05) is 39.3 Å². The third-order valence-corrected chi connectivity index (χ3v) is 5.87. The van der Waals surface area contributed by atoms with Gasteiger partial charge in [-0.3, -0.25) is 14.9 Å². The van der Waals surface area contributed by atoms with Gasteiger partial charge in [-0.15, -0.1) is 35.3 Å². The van der Waals surface area contributed by atoms with Crippen LogP contribution in [0.3, 0.4) is 0 Å². The Morgan fingerprint density at radius 3 is 2.61 bits per heavy atom. The third kappa shape index (κ3) is 7.17. The molecule has 1 aliphatic heterocycles. The van der Waals surface area contributed by atoms with Crippen molar-refractivity contribution in [3.63, 3.8) is 0 Å². The molecule has 0 radical (unpaired) electrons. The van der Waals surface area contributed by atoms with E-state index in [0.717, 1.165) is 68.2 Å². The zero-order chi connectivity index (χ0) is 19.1. The SMILES string of the molecule is CCNC(=NCCc1ccc(C)nc1)N1CCN(Cc2ccc(Cl)s2)CC1.I. The lowest BCUT2D eigenvalue weighted by Crippen LogP contribution is -2.52. The fraction of sp³-hybridized carbons (Fsp3) is 0.500. The van der Waals surface area contributed by atoms with Gasteiger partial charge in [0.05, 0.1) is 4.34 Å². The first-order valence-electron chi connectivity index (χ1n) is 9.55. The van der Waals surface area contributed by atoms with Crippen molar-refractivity contribution in [3.05, 3.63) is 50.9 Å². The van der Waals surface area contributed by atoms with E-state index in [4.69, 9.17) is 16.6 Å². The average molecular weight is 534 g/mol. The molecule has 1 N–H and O–H groups in total. The van der Waals surface area contributed by atoms with Crippen LogP contribution in [0.25, 0.3) is 0 Å². The van der Waals surface area contributed by atoms with Gasteiger partial charge >= 0.3 is 0 Å². The molecular formula is C20H29ClIN5S. The van der Waals surface area contributed by atoms with Crippen LogP contribution in [0.1, 0.15) is 23.1 Å². The van der Waals surface area contributed by atoms with Gasteiger partial charge in [-0.25, -0.2) is 0 Å². The number of hydrogen-bond donors (Lipinski definition) is 1. The van der Waals surface area contributed by atoms with E-state index < -0.39 is 0 Å². The van der Waals surface area contributed by atoms with Gasteiger partial charge < -0.3 is 10.2 Å². The molecule has 2 aromatic heterocycles. The maximum atomic E-state index is 6.04. The summed E-state index contributed by atoms with van der Waals surface area (Å²) in [5.74, 6) is 1.02. The van der Waals surface area contributed by atoms with Crippen molar-refractivity contribution in [1.82, 2.24) is 20.1 Å². The molecule has 28 heavy (non-hydrogen) atoms. The highest BCUT2D eigenvalue weighted by atomic mass is 127. The fourth-order valence-corrected chi connectivity index (χ4v) is 4.27. The van der Waals surface area contributed by atoms with Gasteiger partial charge in [-0.2, -0.15) is 0 Å². The van der Waals surface area contributed by atoms with E-state index in [2.05, 4.69) is 45.2 Å². The molecule has 0 spiro atoms. The number of hydrogen-bond acceptors (Lipinski definition) is 4. The Balaban J connectivity index is 0.00000280. The first-order chi connectivity index (χ1) is 13.1. The monoisotopic (exact) mass is 533 g/mol. The Morgan fingerprint density at radius 1 is 1.21 bits per heavy atom. The van der Waals surface area contributed by atoms with Crippen molar-refractivity contribution in [2.24, 2.45) is 4.99 Å². The van der Waals surface area contributed by atoms with Crippen molar-refractivity contribution in [2.45, 2.75) is 26.8 Å². The Kier molecular flexibility index (Phi) is 9.98. The summed E-state index contributed by atoms with van der Waals surface area (Å²) in [4.78, 5) is 15.4. The van der Waals surface area contributed by atoms with E-state index in [1.807, 2.05) is 19.2 Å². The number of nitrogens with zero attached hydrogens (tertiary/aromatic N) is 4. The first-order valence-corrected chi connectivity index (χ1v) is 10.7. The first kappa shape index (κ1) is 23.4. The van der Waals surface area contributed by atoms with Crippen LogP contribution < -0.4 is 5.32 Å². The molecule has 0 aromatic carbocycles. The quantitative estimate of drug-likeness (QED) is 0.346. The third-order valence-electron chi connectivity index (χ3n) is 4.65. The second-order valence-corrected chi connectivity index (χ2v) is 8.56. The number of pyridine rings is 1. The summed E-state index contributed by atoms with van der Waals surface area (Å²) in [6, 6.07) is 8.31. The van der Waals surface area contributed by atoms with Crippen LogP contribution in [0.5, 0.6) is 0 Å². The second kappa shape index (κ2) is 11.9. The van der Waals surface area contributed by atoms with E-state index in [9.17, 15) is 0 Å². The van der Waals surface area contributed by atoms with E-state index >= 15 is 0 Å². The minimum Gasteiger partial charge on any atom is -0.357 e. The molecule has 154 valence electrons. The molecule has 3 rings (SSSR count). The summed E-state index contributed by atoms with van der Waals surface area (Å²) < 4.78 is 0.869. The van der Waals surface area contributed by atoms with Gasteiger partial charge in [0.25, 0.3) is 0 Å². The lowest BCUT2D eigenvalue weighted by Gasteiger charge is -2.36. The predicted molar refractivity (Wildman–Crippen MR) is 130 cm³/mol. The zero-order valence-electron chi connectivity index (χ0n) is 16.5. The van der Waals surface area contributed by atoms with Crippen molar-refractivity contribution in [3.8, 4) is 0 Å². The average Bonchev–Trinajstić information content (AvgIpc) is 3.08. The molecule has 0 saturated carbocycles. The molecule has 5 nitrogen and oxygen atoms in total. The number of aliphatic imine (C=N–C) groups is 1. The molecule has 0 bridgehead atoms. The smallest absolute Gasteiger partial charge is 0.194 e. The van der Waals surface area contributed by atoms with Crippen LogP contribution in [0.4, 0.5) is 0 Å². The minimum absolute atomic E-state index is 0. The molecule has 1 aliphatic rings. The predicted octanol–water partition coefficient (Wildman–Crippen LogP) is 4.05. The van der Waals surface area contributed by atoms with Crippen molar-refractivity contribution in [1.29, 1.82) is 0 Å². The summed E-state index contributed by atoms with van der Waals surface area (Å²) in [6.07, 6.45) is 2.87. The van der Waals surface area contributed by atoms with Crippen LogP contribution in [0.2, 0.25) is 4.34 Å². The maximum Gasteiger partial charge on any atom is 0.194 e.